The highest BCUT2D eigenvalue weighted by atomic mass is 32.2. The number of hydrogen-bond acceptors (Lipinski definition) is 11. The van der Waals surface area contributed by atoms with Crippen LogP contribution in [0.4, 0.5) is 30.6 Å². The number of nitrogens with one attached hydrogen (secondary N) is 1. The number of hydrogen-bond donors (Lipinski definition) is 2. The molecular formula is C25H28F3N7O4S. The largest absolute Gasteiger partial charge is 0.573 e. The first-order chi connectivity index (χ1) is 18.8. The lowest BCUT2D eigenvalue weighted by Crippen LogP contribution is -2.61. The van der Waals surface area contributed by atoms with Crippen molar-refractivity contribution in [2.45, 2.75) is 37.4 Å². The average Bonchev–Trinajstić information content (AvgIpc) is 2.86. The Morgan fingerprint density at radius 1 is 1.07 bits per heavy atom. The number of rotatable bonds is 7. The molecule has 0 saturated carbocycles. The Morgan fingerprint density at radius 2 is 1.80 bits per heavy atom. The molecule has 1 atom stereocenters. The van der Waals surface area contributed by atoms with Crippen LogP contribution in [0.2, 0.25) is 0 Å². The molecule has 3 aromatic heterocycles. The predicted molar refractivity (Wildman–Crippen MR) is 140 cm³/mol. The summed E-state index contributed by atoms with van der Waals surface area (Å²) < 4.78 is 65.7. The van der Waals surface area contributed by atoms with Crippen LogP contribution in [-0.4, -0.2) is 83.4 Å². The summed E-state index contributed by atoms with van der Waals surface area (Å²) in [4.78, 5) is 21.4. The fraction of sp³-hybridized carbons (Fsp3) is 0.440. The van der Waals surface area contributed by atoms with Crippen molar-refractivity contribution in [1.29, 1.82) is 0 Å². The van der Waals surface area contributed by atoms with Gasteiger partial charge in [-0.2, -0.15) is 0 Å². The predicted octanol–water partition coefficient (Wildman–Crippen LogP) is 3.22. The van der Waals surface area contributed by atoms with E-state index in [2.05, 4.69) is 34.9 Å². The van der Waals surface area contributed by atoms with Gasteiger partial charge in [0, 0.05) is 67.9 Å². The molecule has 40 heavy (non-hydrogen) atoms. The number of aromatic nitrogens is 4. The van der Waals surface area contributed by atoms with Gasteiger partial charge in [0.2, 0.25) is 0 Å². The molecule has 0 aliphatic carbocycles. The van der Waals surface area contributed by atoms with E-state index in [4.69, 9.17) is 0 Å². The van der Waals surface area contributed by atoms with Crippen molar-refractivity contribution in [3.05, 3.63) is 42.7 Å². The number of pyridine rings is 2. The topological polar surface area (TPSA) is 134 Å². The van der Waals surface area contributed by atoms with E-state index in [1.165, 1.54) is 18.5 Å². The molecule has 0 bridgehead atoms. The maximum atomic E-state index is 12.7. The van der Waals surface area contributed by atoms with Gasteiger partial charge in [-0.3, -0.25) is 4.90 Å². The molecule has 1 unspecified atom stereocenters. The molecule has 2 fully saturated rings. The standard InChI is InChI=1S/C25H28F3N7O4S/c1-16(36)34-9-6-24(7-10-34)14-35(15-24)21-12-20(31-19-11-18(5-8-29-19)39-25(26,27)28)32-23(33-21)17-3-4-22(30-13-17)40(2,37)38/h3-5,8,11-13,16,36H,6-7,9-10,14-15H2,1-2H3,(H,29,31,32,33). The molecule has 1 spiro atoms. The van der Waals surface area contributed by atoms with Crippen molar-refractivity contribution in [3.63, 3.8) is 0 Å². The molecule has 2 aliphatic rings. The van der Waals surface area contributed by atoms with Crippen LogP contribution in [0.3, 0.4) is 0 Å². The lowest BCUT2D eigenvalue weighted by molar-refractivity contribution is -0.274. The summed E-state index contributed by atoms with van der Waals surface area (Å²) in [5.41, 5.74) is 0.563. The van der Waals surface area contributed by atoms with Gasteiger partial charge < -0.3 is 20.1 Å². The Labute approximate surface area is 229 Å². The van der Waals surface area contributed by atoms with Gasteiger partial charge >= 0.3 is 6.36 Å². The minimum Gasteiger partial charge on any atom is -0.406 e. The second-order valence-corrected chi connectivity index (χ2v) is 12.1. The van der Waals surface area contributed by atoms with E-state index in [-0.39, 0.29) is 27.9 Å². The molecule has 5 rings (SSSR count). The molecule has 3 aromatic rings. The Morgan fingerprint density at radius 3 is 2.40 bits per heavy atom. The minimum absolute atomic E-state index is 0.0773. The average molecular weight is 580 g/mol. The van der Waals surface area contributed by atoms with Gasteiger partial charge in [-0.15, -0.1) is 13.2 Å². The van der Waals surface area contributed by atoms with Crippen LogP contribution < -0.4 is 15.0 Å². The maximum Gasteiger partial charge on any atom is 0.573 e. The molecule has 11 nitrogen and oxygen atoms in total. The molecule has 0 radical (unpaired) electrons. The van der Waals surface area contributed by atoms with E-state index in [9.17, 15) is 26.7 Å². The van der Waals surface area contributed by atoms with E-state index in [1.54, 1.807) is 19.1 Å². The first-order valence-electron chi connectivity index (χ1n) is 12.5. The molecular weight excluding hydrogens is 551 g/mol. The molecule has 5 heterocycles. The SMILES string of the molecule is CC(O)N1CCC2(CC1)CN(c1cc(Nc3cc(OC(F)(F)F)ccn3)nc(-c3ccc(S(C)(=O)=O)nc3)n1)C2. The van der Waals surface area contributed by atoms with Crippen LogP contribution in [0.5, 0.6) is 5.75 Å². The number of sulfone groups is 1. The molecule has 2 N–H and O–H groups in total. The van der Waals surface area contributed by atoms with Gasteiger partial charge in [0.05, 0.1) is 0 Å². The third-order valence-corrected chi connectivity index (χ3v) is 8.07. The number of piperidine rings is 1. The number of anilines is 3. The zero-order chi connectivity index (χ0) is 28.7. The highest BCUT2D eigenvalue weighted by Crippen LogP contribution is 2.43. The number of aliphatic hydroxyl groups excluding tert-OH is 1. The molecule has 2 saturated heterocycles. The summed E-state index contributed by atoms with van der Waals surface area (Å²) in [5, 5.41) is 12.7. The Kier molecular flexibility index (Phi) is 7.31. The quantitative estimate of drug-likeness (QED) is 0.427. The van der Waals surface area contributed by atoms with Gasteiger partial charge in [0.25, 0.3) is 0 Å². The van der Waals surface area contributed by atoms with Crippen LogP contribution in [-0.2, 0) is 9.84 Å². The lowest BCUT2D eigenvalue weighted by Gasteiger charge is -2.54. The zero-order valence-corrected chi connectivity index (χ0v) is 22.6. The molecule has 0 amide bonds. The Balaban J connectivity index is 1.42. The van der Waals surface area contributed by atoms with E-state index in [0.717, 1.165) is 57.4 Å². The number of nitrogens with zero attached hydrogens (tertiary/aromatic N) is 6. The third-order valence-electron chi connectivity index (χ3n) is 7.07. The minimum atomic E-state index is -4.85. The van der Waals surface area contributed by atoms with Crippen molar-refractivity contribution in [2.75, 3.05) is 42.7 Å². The van der Waals surface area contributed by atoms with Crippen molar-refractivity contribution in [2.24, 2.45) is 5.41 Å². The van der Waals surface area contributed by atoms with Crippen molar-refractivity contribution in [1.82, 2.24) is 24.8 Å². The van der Waals surface area contributed by atoms with E-state index in [0.29, 0.717) is 11.4 Å². The highest BCUT2D eigenvalue weighted by molar-refractivity contribution is 7.90. The Bertz CT molecular complexity index is 1470. The zero-order valence-electron chi connectivity index (χ0n) is 21.8. The number of likely N-dealkylation sites (tertiary alicyclic amines) is 1. The summed E-state index contributed by atoms with van der Waals surface area (Å²) >= 11 is 0. The van der Waals surface area contributed by atoms with Gasteiger partial charge in [-0.1, -0.05) is 0 Å². The normalized spacial score (nSPS) is 18.3. The molecule has 2 aliphatic heterocycles. The lowest BCUT2D eigenvalue weighted by atomic mass is 9.72. The Hall–Kier alpha value is -3.56. The summed E-state index contributed by atoms with van der Waals surface area (Å²) in [6.07, 6.45) is 0.135. The number of ether oxygens (including phenoxy) is 1. The number of alkyl halides is 3. The van der Waals surface area contributed by atoms with Crippen LogP contribution in [0.15, 0.2) is 47.8 Å². The summed E-state index contributed by atoms with van der Waals surface area (Å²) in [5.74, 6) is 0.751. The van der Waals surface area contributed by atoms with Crippen LogP contribution >= 0.6 is 0 Å². The summed E-state index contributed by atoms with van der Waals surface area (Å²) in [6.45, 7) is 4.85. The second kappa shape index (κ2) is 10.4. The smallest absolute Gasteiger partial charge is 0.406 e. The van der Waals surface area contributed by atoms with E-state index < -0.39 is 28.2 Å². The van der Waals surface area contributed by atoms with Crippen molar-refractivity contribution in [3.8, 4) is 17.1 Å². The third kappa shape index (κ3) is 6.42. The first-order valence-corrected chi connectivity index (χ1v) is 14.4. The van der Waals surface area contributed by atoms with Crippen LogP contribution in [0, 0.1) is 5.41 Å². The van der Waals surface area contributed by atoms with Crippen LogP contribution in [0.25, 0.3) is 11.4 Å². The van der Waals surface area contributed by atoms with Gasteiger partial charge in [-0.05, 0) is 38.0 Å². The maximum absolute atomic E-state index is 12.7. The van der Waals surface area contributed by atoms with Gasteiger partial charge in [-0.25, -0.2) is 28.4 Å². The fourth-order valence-corrected chi connectivity index (χ4v) is 5.50. The van der Waals surface area contributed by atoms with E-state index >= 15 is 0 Å². The molecule has 15 heteroatoms. The highest BCUT2D eigenvalue weighted by Gasteiger charge is 2.46. The van der Waals surface area contributed by atoms with E-state index in [1.807, 2.05) is 4.90 Å². The number of aliphatic hydroxyl groups is 1. The molecule has 214 valence electrons. The second-order valence-electron chi connectivity index (χ2n) is 10.2. The summed E-state index contributed by atoms with van der Waals surface area (Å²) in [6, 6.07) is 6.78. The molecule has 0 aromatic carbocycles. The number of halogens is 3. The van der Waals surface area contributed by atoms with Crippen molar-refractivity contribution >= 4 is 27.3 Å². The monoisotopic (exact) mass is 579 g/mol. The fourth-order valence-electron chi connectivity index (χ4n) is 4.94. The van der Waals surface area contributed by atoms with Crippen molar-refractivity contribution < 1.29 is 31.4 Å². The van der Waals surface area contributed by atoms with Gasteiger partial charge in [0.1, 0.15) is 29.4 Å². The van der Waals surface area contributed by atoms with Crippen LogP contribution in [0.1, 0.15) is 19.8 Å². The first kappa shape index (κ1) is 28.0. The van der Waals surface area contributed by atoms with Gasteiger partial charge in [0.15, 0.2) is 20.7 Å². The summed E-state index contributed by atoms with van der Waals surface area (Å²) in [7, 11) is -3.50.